The van der Waals surface area contributed by atoms with E-state index in [9.17, 15) is 13.2 Å². The van der Waals surface area contributed by atoms with Crippen molar-refractivity contribution in [3.05, 3.63) is 65.7 Å². The van der Waals surface area contributed by atoms with Crippen molar-refractivity contribution >= 4 is 39.4 Å². The second-order valence-electron chi connectivity index (χ2n) is 4.93. The van der Waals surface area contributed by atoms with Crippen LogP contribution < -0.4 is 0 Å². The molecule has 0 heterocycles. The Morgan fingerprint density at radius 3 is 2.10 bits per heavy atom. The molecule has 0 saturated heterocycles. The molecule has 108 valence electrons. The first-order chi connectivity index (χ1) is 9.76. The first-order valence-electron chi connectivity index (χ1n) is 6.37. The minimum absolute atomic E-state index is 0.122. The van der Waals surface area contributed by atoms with E-state index in [4.69, 9.17) is 0 Å². The number of rotatable bonds is 4. The molecule has 21 heavy (non-hydrogen) atoms. The molecule has 0 aromatic heterocycles. The summed E-state index contributed by atoms with van der Waals surface area (Å²) in [5.74, 6) is -0.483. The Morgan fingerprint density at radius 2 is 1.57 bits per heavy atom. The van der Waals surface area contributed by atoms with Gasteiger partial charge in [-0.2, -0.15) is 0 Å². The maximum Gasteiger partial charge on any atom is 0.193 e. The van der Waals surface area contributed by atoms with E-state index in [0.717, 1.165) is 5.56 Å². The standard InChI is InChI=1S/C15H14BBrO3S/c1-11-7-9-13(10-8-11)21(19,20)15(16,17)14(18)12-5-3-2-4-6-12/h2-10H,16H2,1H3. The number of alkyl halides is 1. The SMILES string of the molecule is BC(Br)(C(=O)c1ccccc1)S(=O)(=O)c1ccc(C)cc1. The van der Waals surface area contributed by atoms with Gasteiger partial charge in [-0.25, -0.2) is 8.42 Å². The Morgan fingerprint density at radius 1 is 1.05 bits per heavy atom. The van der Waals surface area contributed by atoms with Gasteiger partial charge in [0.2, 0.25) is 0 Å². The highest BCUT2D eigenvalue weighted by Gasteiger charge is 2.44. The molecule has 2 aromatic carbocycles. The molecule has 0 aliphatic rings. The van der Waals surface area contributed by atoms with Crippen molar-refractivity contribution in [2.24, 2.45) is 0 Å². The molecule has 0 aliphatic carbocycles. The lowest BCUT2D eigenvalue weighted by atomic mass is 9.95. The van der Waals surface area contributed by atoms with Gasteiger partial charge in [-0.3, -0.25) is 4.79 Å². The fourth-order valence-corrected chi connectivity index (χ4v) is 4.00. The first kappa shape index (κ1) is 16.0. The van der Waals surface area contributed by atoms with Crippen LogP contribution in [0.4, 0.5) is 0 Å². The van der Waals surface area contributed by atoms with E-state index in [1.54, 1.807) is 42.5 Å². The molecule has 0 radical (unpaired) electrons. The van der Waals surface area contributed by atoms with Gasteiger partial charge in [0, 0.05) is 5.56 Å². The second-order valence-corrected chi connectivity index (χ2v) is 9.33. The number of ketones is 1. The highest BCUT2D eigenvalue weighted by Crippen LogP contribution is 2.32. The van der Waals surface area contributed by atoms with E-state index in [1.807, 2.05) is 6.92 Å². The summed E-state index contributed by atoms with van der Waals surface area (Å²) in [6.45, 7) is 1.87. The van der Waals surface area contributed by atoms with E-state index in [0.29, 0.717) is 5.56 Å². The summed E-state index contributed by atoms with van der Waals surface area (Å²) in [4.78, 5) is 12.6. The molecule has 0 spiro atoms. The molecular weight excluding hydrogens is 351 g/mol. The Labute approximate surface area is 133 Å². The summed E-state index contributed by atoms with van der Waals surface area (Å²) in [5.41, 5.74) is 1.31. The van der Waals surface area contributed by atoms with Crippen LogP contribution in [0.5, 0.6) is 0 Å². The molecule has 1 unspecified atom stereocenters. The molecule has 0 bridgehead atoms. The Balaban J connectivity index is 2.47. The van der Waals surface area contributed by atoms with E-state index < -0.39 is 19.2 Å². The average Bonchev–Trinajstić information content (AvgIpc) is 2.47. The summed E-state index contributed by atoms with van der Waals surface area (Å²) in [6, 6.07) is 14.8. The van der Waals surface area contributed by atoms with E-state index >= 15 is 0 Å². The molecular formula is C15H14BBrO3S. The van der Waals surface area contributed by atoms with Crippen LogP contribution in [0, 0.1) is 6.92 Å². The van der Waals surface area contributed by atoms with Crippen molar-refractivity contribution < 1.29 is 13.2 Å². The van der Waals surface area contributed by atoms with Crippen LogP contribution in [0.1, 0.15) is 15.9 Å². The number of benzene rings is 2. The minimum atomic E-state index is -3.84. The van der Waals surface area contributed by atoms with Crippen LogP contribution in [-0.2, 0) is 9.84 Å². The first-order valence-corrected chi connectivity index (χ1v) is 8.64. The van der Waals surface area contributed by atoms with Crippen molar-refractivity contribution in [3.8, 4) is 0 Å². The van der Waals surface area contributed by atoms with Crippen LogP contribution in [0.15, 0.2) is 59.5 Å². The third kappa shape index (κ3) is 2.96. The molecule has 1 atom stereocenters. The van der Waals surface area contributed by atoms with Gasteiger partial charge in [-0.15, -0.1) is 0 Å². The molecule has 3 nitrogen and oxygen atoms in total. The number of aryl methyl sites for hydroxylation is 1. The zero-order chi connectivity index (χ0) is 15.7. The monoisotopic (exact) mass is 364 g/mol. The fourth-order valence-electron chi connectivity index (χ4n) is 1.91. The van der Waals surface area contributed by atoms with Crippen molar-refractivity contribution in [2.75, 3.05) is 0 Å². The highest BCUT2D eigenvalue weighted by atomic mass is 79.9. The molecule has 2 aromatic rings. The summed E-state index contributed by atoms with van der Waals surface area (Å²) in [7, 11) is -2.46. The largest absolute Gasteiger partial charge is 0.292 e. The molecule has 0 N–H and O–H groups in total. The summed E-state index contributed by atoms with van der Waals surface area (Å²) in [6.07, 6.45) is 0. The lowest BCUT2D eigenvalue weighted by Crippen LogP contribution is -2.41. The summed E-state index contributed by atoms with van der Waals surface area (Å²) >= 11 is 3.12. The van der Waals surface area contributed by atoms with Crippen molar-refractivity contribution in [1.82, 2.24) is 0 Å². The summed E-state index contributed by atoms with van der Waals surface area (Å²) in [5, 5.41) is 0. The maximum absolute atomic E-state index is 12.7. The van der Waals surface area contributed by atoms with Crippen LogP contribution in [0.2, 0.25) is 0 Å². The smallest absolute Gasteiger partial charge is 0.193 e. The van der Waals surface area contributed by atoms with Gasteiger partial charge in [0.05, 0.1) is 4.90 Å². The Hall–Kier alpha value is -1.40. The quantitative estimate of drug-likeness (QED) is 0.475. The van der Waals surface area contributed by atoms with Crippen molar-refractivity contribution in [3.63, 3.8) is 0 Å². The van der Waals surface area contributed by atoms with Crippen LogP contribution in [-0.4, -0.2) is 25.6 Å². The van der Waals surface area contributed by atoms with Crippen molar-refractivity contribution in [1.29, 1.82) is 0 Å². The van der Waals surface area contributed by atoms with Gasteiger partial charge >= 0.3 is 0 Å². The molecule has 0 aliphatic heterocycles. The molecule has 0 saturated carbocycles. The normalized spacial score (nSPS) is 14.4. The van der Waals surface area contributed by atoms with Gasteiger partial charge < -0.3 is 0 Å². The van der Waals surface area contributed by atoms with Gasteiger partial charge in [0.15, 0.2) is 27.0 Å². The predicted octanol–water partition coefficient (Wildman–Crippen LogP) is 2.33. The maximum atomic E-state index is 12.7. The van der Waals surface area contributed by atoms with Crippen LogP contribution in [0.3, 0.4) is 0 Å². The third-order valence-electron chi connectivity index (χ3n) is 3.28. The van der Waals surface area contributed by atoms with E-state index in [-0.39, 0.29) is 4.90 Å². The molecule has 0 fully saturated rings. The van der Waals surface area contributed by atoms with Crippen LogP contribution >= 0.6 is 15.9 Å². The van der Waals surface area contributed by atoms with Gasteiger partial charge in [-0.1, -0.05) is 64.0 Å². The number of hydrogen-bond acceptors (Lipinski definition) is 3. The van der Waals surface area contributed by atoms with E-state index in [1.165, 1.54) is 20.0 Å². The van der Waals surface area contributed by atoms with Gasteiger partial charge in [0.1, 0.15) is 0 Å². The van der Waals surface area contributed by atoms with Gasteiger partial charge in [0.25, 0.3) is 0 Å². The number of carbonyl (C=O) groups is 1. The predicted molar refractivity (Wildman–Crippen MR) is 89.3 cm³/mol. The average molecular weight is 365 g/mol. The third-order valence-corrected chi connectivity index (χ3v) is 7.00. The molecule has 2 rings (SSSR count). The number of sulfone groups is 1. The number of Topliss-reactive ketones (excluding diaryl/α,β-unsaturated/α-hetero) is 1. The highest BCUT2D eigenvalue weighted by molar-refractivity contribution is 9.12. The lowest BCUT2D eigenvalue weighted by molar-refractivity contribution is 0.0999. The number of hydrogen-bond donors (Lipinski definition) is 0. The number of carbonyl (C=O) groups excluding carboxylic acids is 1. The topological polar surface area (TPSA) is 51.2 Å². The minimum Gasteiger partial charge on any atom is -0.292 e. The zero-order valence-corrected chi connectivity index (χ0v) is 14.1. The Bertz CT molecular complexity index is 753. The second kappa shape index (κ2) is 5.77. The van der Waals surface area contributed by atoms with Crippen LogP contribution in [0.25, 0.3) is 0 Å². The molecule has 6 heteroatoms. The fraction of sp³-hybridized carbons (Fsp3) is 0.133. The summed E-state index contributed by atoms with van der Waals surface area (Å²) < 4.78 is 23.7. The molecule has 0 amide bonds. The van der Waals surface area contributed by atoms with Crippen molar-refractivity contribution in [2.45, 2.75) is 15.4 Å². The van der Waals surface area contributed by atoms with E-state index in [2.05, 4.69) is 15.9 Å². The number of halogens is 1. The lowest BCUT2D eigenvalue weighted by Gasteiger charge is -2.22. The van der Waals surface area contributed by atoms with Gasteiger partial charge in [-0.05, 0) is 19.1 Å². The Kier molecular flexibility index (Phi) is 4.39. The zero-order valence-electron chi connectivity index (χ0n) is 11.7.